The Hall–Kier alpha value is -1.16. The van der Waals surface area contributed by atoms with Crippen LogP contribution in [0, 0.1) is 11.8 Å². The summed E-state index contributed by atoms with van der Waals surface area (Å²) in [4.78, 5) is 5.33. The third-order valence-corrected chi connectivity index (χ3v) is 12.2. The number of piperazine rings is 1. The molecule has 0 radical (unpaired) electrons. The van der Waals surface area contributed by atoms with E-state index in [0.29, 0.717) is 36.1 Å². The van der Waals surface area contributed by atoms with Crippen molar-refractivity contribution in [3.05, 3.63) is 23.5 Å². The molecular weight excluding hydrogens is 542 g/mol. The van der Waals surface area contributed by atoms with Crippen molar-refractivity contribution in [2.24, 2.45) is 18.9 Å². The standard InChI is InChI=1S/C31H55N11O/c1-19-10-12-43-31-24(15-34-40(31)4)30-32-11-9-27(36-30)35-28-13-26-23(14-33-28)29(37-42(19)26)25-8-7-22(39(25)3)18-41-16-20-5-6-21(17-41)38(20)2/h7-8,19-21,23-24,26-37H,5-6,9-18H2,1-4H3/t19-,20?,21?,23?,24?,26?,27?,28?,29?,30?,31?/m0/s1. The number of hydrazine groups is 2. The molecule has 6 bridgehead atoms. The lowest BCUT2D eigenvalue weighted by Gasteiger charge is -2.43. The van der Waals surface area contributed by atoms with Gasteiger partial charge in [0.2, 0.25) is 0 Å². The zero-order valence-electron chi connectivity index (χ0n) is 26.6. The van der Waals surface area contributed by atoms with Gasteiger partial charge < -0.3 is 19.9 Å². The molecule has 11 atom stereocenters. The average Bonchev–Trinajstić information content (AvgIpc) is 3.71. The number of hydrogen-bond donors (Lipinski definition) is 6. The van der Waals surface area contributed by atoms with Gasteiger partial charge in [-0.25, -0.2) is 15.4 Å². The molecule has 10 unspecified atom stereocenters. The van der Waals surface area contributed by atoms with E-state index in [-0.39, 0.29) is 18.6 Å². The van der Waals surface area contributed by atoms with Crippen molar-refractivity contribution in [3.63, 3.8) is 0 Å². The second-order valence-electron chi connectivity index (χ2n) is 14.6. The van der Waals surface area contributed by atoms with Gasteiger partial charge in [-0.05, 0) is 64.8 Å². The monoisotopic (exact) mass is 597 g/mol. The number of hydrogen-bond acceptors (Lipinski definition) is 11. The van der Waals surface area contributed by atoms with Crippen LogP contribution >= 0.6 is 0 Å². The predicted molar refractivity (Wildman–Crippen MR) is 166 cm³/mol. The predicted octanol–water partition coefficient (Wildman–Crippen LogP) is -0.505. The summed E-state index contributed by atoms with van der Waals surface area (Å²) in [5.74, 6) is 0.865. The number of nitrogens with zero attached hydrogens (tertiary/aromatic N) is 5. The SMILES string of the molecule is C[C@H]1CCOC2C(CNN2C)C2NCCC(NC3CC4C(CN3)C(c3ccc(CN5CC6CCC(C5)N6C)n3C)NN41)N2. The summed E-state index contributed by atoms with van der Waals surface area (Å²) in [7, 11) is 6.74. The third-order valence-electron chi connectivity index (χ3n) is 12.2. The Morgan fingerprint density at radius 3 is 2.58 bits per heavy atom. The van der Waals surface area contributed by atoms with E-state index in [1.165, 1.54) is 37.3 Å². The van der Waals surface area contributed by atoms with E-state index in [9.17, 15) is 0 Å². The molecule has 240 valence electrons. The quantitative estimate of drug-likeness (QED) is 0.272. The van der Waals surface area contributed by atoms with Crippen molar-refractivity contribution in [2.45, 2.75) is 101 Å². The minimum absolute atomic E-state index is 0.0563. The minimum atomic E-state index is 0.0563. The van der Waals surface area contributed by atoms with E-state index < -0.39 is 0 Å². The molecule has 12 nitrogen and oxygen atoms in total. The van der Waals surface area contributed by atoms with Crippen LogP contribution in [0.2, 0.25) is 0 Å². The Kier molecular flexibility index (Phi) is 8.09. The highest BCUT2D eigenvalue weighted by Crippen LogP contribution is 2.40. The third kappa shape index (κ3) is 5.40. The maximum atomic E-state index is 6.61. The Morgan fingerprint density at radius 1 is 0.907 bits per heavy atom. The normalized spacial score (nSPS) is 44.9. The van der Waals surface area contributed by atoms with Crippen LogP contribution in [-0.4, -0.2) is 127 Å². The summed E-state index contributed by atoms with van der Waals surface area (Å²) < 4.78 is 9.11. The van der Waals surface area contributed by atoms with E-state index in [0.717, 1.165) is 64.1 Å². The van der Waals surface area contributed by atoms with Gasteiger partial charge in [0.15, 0.2) is 0 Å². The average molecular weight is 598 g/mol. The van der Waals surface area contributed by atoms with Gasteiger partial charge in [-0.2, -0.15) is 0 Å². The van der Waals surface area contributed by atoms with E-state index in [1.54, 1.807) is 0 Å². The van der Waals surface area contributed by atoms with Gasteiger partial charge in [0.1, 0.15) is 6.23 Å². The van der Waals surface area contributed by atoms with Crippen molar-refractivity contribution in [1.29, 1.82) is 0 Å². The number of piperidine rings is 1. The maximum absolute atomic E-state index is 6.61. The number of nitrogens with one attached hydrogen (secondary N) is 6. The number of likely N-dealkylation sites (N-methyl/N-ethyl adjacent to an activating group) is 1. The fraction of sp³-hybridized carbons (Fsp3) is 0.871. The number of ether oxygens (including phenoxy) is 1. The smallest absolute Gasteiger partial charge is 0.129 e. The number of likely N-dealkylation sites (tertiary alicyclic amines) is 1. The van der Waals surface area contributed by atoms with Gasteiger partial charge in [-0.3, -0.25) is 25.9 Å². The highest BCUT2D eigenvalue weighted by Gasteiger charge is 2.49. The molecule has 6 N–H and O–H groups in total. The van der Waals surface area contributed by atoms with Crippen molar-refractivity contribution >= 4 is 0 Å². The van der Waals surface area contributed by atoms with Gasteiger partial charge in [-0.1, -0.05) is 0 Å². The first-order valence-corrected chi connectivity index (χ1v) is 17.1. The van der Waals surface area contributed by atoms with Crippen molar-refractivity contribution in [3.8, 4) is 0 Å². The molecule has 8 heterocycles. The molecule has 1 aromatic rings. The molecule has 1 aromatic heterocycles. The van der Waals surface area contributed by atoms with Crippen LogP contribution in [0.15, 0.2) is 12.1 Å². The molecule has 7 aliphatic heterocycles. The summed E-state index contributed by atoms with van der Waals surface area (Å²) in [5.41, 5.74) is 10.5. The van der Waals surface area contributed by atoms with Crippen molar-refractivity contribution < 1.29 is 4.74 Å². The van der Waals surface area contributed by atoms with Crippen LogP contribution in [-0.2, 0) is 18.3 Å². The summed E-state index contributed by atoms with van der Waals surface area (Å²) >= 11 is 0. The van der Waals surface area contributed by atoms with Gasteiger partial charge in [-0.15, -0.1) is 0 Å². The first-order chi connectivity index (χ1) is 20.9. The van der Waals surface area contributed by atoms with Gasteiger partial charge in [0.25, 0.3) is 0 Å². The largest absolute Gasteiger partial charge is 0.361 e. The van der Waals surface area contributed by atoms with Crippen LogP contribution in [0.4, 0.5) is 0 Å². The lowest BCUT2D eigenvalue weighted by molar-refractivity contribution is -0.0791. The lowest BCUT2D eigenvalue weighted by Crippen LogP contribution is -2.67. The highest BCUT2D eigenvalue weighted by molar-refractivity contribution is 5.23. The Labute approximate surface area is 257 Å². The Morgan fingerprint density at radius 2 is 1.74 bits per heavy atom. The Bertz CT molecular complexity index is 1120. The molecule has 7 fully saturated rings. The fourth-order valence-electron chi connectivity index (χ4n) is 9.53. The molecular formula is C31H55N11O. The van der Waals surface area contributed by atoms with Gasteiger partial charge in [0.05, 0.1) is 31.1 Å². The molecule has 0 aromatic carbocycles. The number of aromatic nitrogens is 1. The molecule has 8 rings (SSSR count). The van der Waals surface area contributed by atoms with Crippen LogP contribution in [0.1, 0.15) is 56.5 Å². The summed E-state index contributed by atoms with van der Waals surface area (Å²) in [6, 6.07) is 7.41. The maximum Gasteiger partial charge on any atom is 0.129 e. The second-order valence-corrected chi connectivity index (χ2v) is 14.6. The lowest BCUT2D eigenvalue weighted by atomic mass is 9.85. The van der Waals surface area contributed by atoms with E-state index in [1.807, 2.05) is 0 Å². The number of fused-ring (bicyclic) bond motifs is 7. The van der Waals surface area contributed by atoms with Crippen LogP contribution in [0.5, 0.6) is 0 Å². The summed E-state index contributed by atoms with van der Waals surface area (Å²) in [6.45, 7) is 9.54. The molecule has 0 saturated carbocycles. The second kappa shape index (κ2) is 11.9. The highest BCUT2D eigenvalue weighted by atomic mass is 16.5. The zero-order chi connectivity index (χ0) is 29.2. The first kappa shape index (κ1) is 29.3. The van der Waals surface area contributed by atoms with E-state index in [4.69, 9.17) is 4.74 Å². The molecule has 0 aliphatic carbocycles. The van der Waals surface area contributed by atoms with Crippen LogP contribution in [0.25, 0.3) is 0 Å². The first-order valence-electron chi connectivity index (χ1n) is 17.1. The molecule has 7 aliphatic rings. The van der Waals surface area contributed by atoms with E-state index >= 15 is 0 Å². The Balaban J connectivity index is 1.01. The number of rotatable bonds is 3. The van der Waals surface area contributed by atoms with Crippen LogP contribution < -0.4 is 32.1 Å². The van der Waals surface area contributed by atoms with Crippen molar-refractivity contribution in [2.75, 3.05) is 53.4 Å². The fourth-order valence-corrected chi connectivity index (χ4v) is 9.53. The zero-order valence-corrected chi connectivity index (χ0v) is 26.6. The van der Waals surface area contributed by atoms with E-state index in [2.05, 4.69) is 96.7 Å². The molecule has 7 saturated heterocycles. The molecule has 0 amide bonds. The topological polar surface area (TPSA) is 99.3 Å². The molecule has 12 heteroatoms. The van der Waals surface area contributed by atoms with Gasteiger partial charge >= 0.3 is 0 Å². The van der Waals surface area contributed by atoms with Gasteiger partial charge in [0, 0.05) is 94.2 Å². The summed E-state index contributed by atoms with van der Waals surface area (Å²) in [5, 5.41) is 20.3. The molecule has 43 heavy (non-hydrogen) atoms. The summed E-state index contributed by atoms with van der Waals surface area (Å²) in [6.07, 6.45) is 6.75. The van der Waals surface area contributed by atoms with Crippen LogP contribution in [0.3, 0.4) is 0 Å². The minimum Gasteiger partial charge on any atom is -0.361 e. The van der Waals surface area contributed by atoms with Crippen molar-refractivity contribution in [1.82, 2.24) is 56.5 Å². The molecule has 0 spiro atoms.